The van der Waals surface area contributed by atoms with Gasteiger partial charge in [0.2, 0.25) is 0 Å². The van der Waals surface area contributed by atoms with Crippen molar-refractivity contribution >= 4 is 0 Å². The number of hydrogen-bond donors (Lipinski definition) is 2. The Labute approximate surface area is 121 Å². The van der Waals surface area contributed by atoms with Crippen LogP contribution in [0.25, 0.3) is 5.69 Å². The van der Waals surface area contributed by atoms with E-state index in [1.807, 2.05) is 41.2 Å². The van der Waals surface area contributed by atoms with Crippen LogP contribution in [0, 0.1) is 5.92 Å². The molecule has 1 aromatic carbocycles. The van der Waals surface area contributed by atoms with Gasteiger partial charge in [0, 0.05) is 17.8 Å². The second kappa shape index (κ2) is 7.22. The van der Waals surface area contributed by atoms with Crippen LogP contribution in [-0.4, -0.2) is 9.78 Å². The largest absolute Gasteiger partial charge is 0.271 e. The van der Waals surface area contributed by atoms with Gasteiger partial charge >= 0.3 is 0 Å². The van der Waals surface area contributed by atoms with Gasteiger partial charge in [-0.3, -0.25) is 11.3 Å². The van der Waals surface area contributed by atoms with E-state index in [-0.39, 0.29) is 6.04 Å². The minimum Gasteiger partial charge on any atom is -0.271 e. The first kappa shape index (κ1) is 14.8. The molecule has 2 unspecified atom stereocenters. The van der Waals surface area contributed by atoms with E-state index in [1.165, 1.54) is 12.8 Å². The number of benzene rings is 1. The molecule has 20 heavy (non-hydrogen) atoms. The Morgan fingerprint density at radius 1 is 1.30 bits per heavy atom. The third kappa shape index (κ3) is 3.68. The van der Waals surface area contributed by atoms with Crippen LogP contribution in [0.5, 0.6) is 0 Å². The molecule has 0 aliphatic carbocycles. The molecule has 0 amide bonds. The molecular weight excluding hydrogens is 248 g/mol. The highest BCUT2D eigenvalue weighted by Gasteiger charge is 2.15. The molecular formula is C16H24N4. The van der Waals surface area contributed by atoms with Crippen molar-refractivity contribution in [2.45, 2.75) is 39.2 Å². The molecule has 4 nitrogen and oxygen atoms in total. The fourth-order valence-electron chi connectivity index (χ4n) is 2.55. The summed E-state index contributed by atoms with van der Waals surface area (Å²) in [7, 11) is 0. The van der Waals surface area contributed by atoms with Gasteiger partial charge in [0.1, 0.15) is 0 Å². The van der Waals surface area contributed by atoms with Gasteiger partial charge in [0.25, 0.3) is 0 Å². The number of nitrogens with two attached hydrogens (primary N) is 1. The summed E-state index contributed by atoms with van der Waals surface area (Å²) in [5.41, 5.74) is 5.12. The van der Waals surface area contributed by atoms with Gasteiger partial charge < -0.3 is 0 Å². The van der Waals surface area contributed by atoms with Gasteiger partial charge in [-0.15, -0.1) is 0 Å². The van der Waals surface area contributed by atoms with Gasteiger partial charge in [0.15, 0.2) is 0 Å². The van der Waals surface area contributed by atoms with E-state index in [0.717, 1.165) is 17.7 Å². The molecule has 0 aliphatic rings. The SMILES string of the molecule is CCCC(C)CC(NN)c1cnn(-c2ccccc2)c1. The van der Waals surface area contributed by atoms with E-state index in [2.05, 4.69) is 30.6 Å². The molecule has 0 spiro atoms. The fourth-order valence-corrected chi connectivity index (χ4v) is 2.55. The molecule has 108 valence electrons. The van der Waals surface area contributed by atoms with Crippen LogP contribution in [0.3, 0.4) is 0 Å². The molecule has 2 rings (SSSR count). The van der Waals surface area contributed by atoms with Crippen LogP contribution in [0.4, 0.5) is 0 Å². The van der Waals surface area contributed by atoms with E-state index in [9.17, 15) is 0 Å². The van der Waals surface area contributed by atoms with Gasteiger partial charge in [-0.05, 0) is 24.5 Å². The molecule has 0 bridgehead atoms. The highest BCUT2D eigenvalue weighted by Crippen LogP contribution is 2.23. The second-order valence-electron chi connectivity index (χ2n) is 5.40. The van der Waals surface area contributed by atoms with E-state index < -0.39 is 0 Å². The zero-order chi connectivity index (χ0) is 14.4. The number of aromatic nitrogens is 2. The molecule has 1 aromatic heterocycles. The summed E-state index contributed by atoms with van der Waals surface area (Å²) in [6.07, 6.45) is 7.42. The quantitative estimate of drug-likeness (QED) is 0.601. The van der Waals surface area contributed by atoms with E-state index in [1.54, 1.807) is 0 Å². The highest BCUT2D eigenvalue weighted by molar-refractivity contribution is 5.31. The van der Waals surface area contributed by atoms with Crippen LogP contribution in [-0.2, 0) is 0 Å². The Morgan fingerprint density at radius 2 is 2.05 bits per heavy atom. The monoisotopic (exact) mass is 272 g/mol. The molecule has 4 heteroatoms. The molecule has 1 heterocycles. The maximum absolute atomic E-state index is 5.71. The Kier molecular flexibility index (Phi) is 5.32. The Balaban J connectivity index is 2.10. The molecule has 0 fully saturated rings. The lowest BCUT2D eigenvalue weighted by Crippen LogP contribution is -2.29. The maximum atomic E-state index is 5.71. The van der Waals surface area contributed by atoms with Gasteiger partial charge in [-0.25, -0.2) is 4.68 Å². The molecule has 2 atom stereocenters. The summed E-state index contributed by atoms with van der Waals surface area (Å²) in [6, 6.07) is 10.3. The topological polar surface area (TPSA) is 55.9 Å². The summed E-state index contributed by atoms with van der Waals surface area (Å²) in [4.78, 5) is 0. The first-order valence-corrected chi connectivity index (χ1v) is 7.30. The lowest BCUT2D eigenvalue weighted by Gasteiger charge is -2.18. The Hall–Kier alpha value is -1.65. The lowest BCUT2D eigenvalue weighted by atomic mass is 9.95. The van der Waals surface area contributed by atoms with Crippen molar-refractivity contribution < 1.29 is 0 Å². The number of rotatable bonds is 7. The van der Waals surface area contributed by atoms with Crippen molar-refractivity contribution in [1.82, 2.24) is 15.2 Å². The second-order valence-corrected chi connectivity index (χ2v) is 5.40. The summed E-state index contributed by atoms with van der Waals surface area (Å²) in [5, 5.41) is 4.43. The zero-order valence-corrected chi connectivity index (χ0v) is 12.3. The van der Waals surface area contributed by atoms with Crippen LogP contribution in [0.15, 0.2) is 42.7 Å². The van der Waals surface area contributed by atoms with E-state index >= 15 is 0 Å². The molecule has 0 aliphatic heterocycles. The van der Waals surface area contributed by atoms with Crippen molar-refractivity contribution in [3.8, 4) is 5.69 Å². The number of hydrogen-bond acceptors (Lipinski definition) is 3. The van der Waals surface area contributed by atoms with Crippen molar-refractivity contribution in [3.63, 3.8) is 0 Å². The lowest BCUT2D eigenvalue weighted by molar-refractivity contribution is 0.394. The average molecular weight is 272 g/mol. The number of nitrogens with one attached hydrogen (secondary N) is 1. The minimum absolute atomic E-state index is 0.161. The molecule has 3 N–H and O–H groups in total. The van der Waals surface area contributed by atoms with Crippen LogP contribution in [0.2, 0.25) is 0 Å². The normalized spacial score (nSPS) is 14.2. The highest BCUT2D eigenvalue weighted by atomic mass is 15.3. The fraction of sp³-hybridized carbons (Fsp3) is 0.438. The summed E-state index contributed by atoms with van der Waals surface area (Å²) < 4.78 is 1.89. The molecule has 2 aromatic rings. The van der Waals surface area contributed by atoms with Gasteiger partial charge in [0.05, 0.1) is 11.9 Å². The smallest absolute Gasteiger partial charge is 0.0645 e. The summed E-state index contributed by atoms with van der Waals surface area (Å²) >= 11 is 0. The molecule has 0 saturated heterocycles. The van der Waals surface area contributed by atoms with Crippen molar-refractivity contribution in [2.75, 3.05) is 0 Å². The van der Waals surface area contributed by atoms with E-state index in [4.69, 9.17) is 5.84 Å². The van der Waals surface area contributed by atoms with Crippen LogP contribution in [0.1, 0.15) is 44.7 Å². The predicted molar refractivity (Wildman–Crippen MR) is 82.3 cm³/mol. The average Bonchev–Trinajstić information content (AvgIpc) is 2.95. The Morgan fingerprint density at radius 3 is 2.70 bits per heavy atom. The van der Waals surface area contributed by atoms with Gasteiger partial charge in [-0.2, -0.15) is 5.10 Å². The van der Waals surface area contributed by atoms with Crippen LogP contribution < -0.4 is 11.3 Å². The Bertz CT molecular complexity index is 506. The van der Waals surface area contributed by atoms with Crippen molar-refractivity contribution in [3.05, 3.63) is 48.3 Å². The van der Waals surface area contributed by atoms with Gasteiger partial charge in [-0.1, -0.05) is 44.9 Å². The van der Waals surface area contributed by atoms with Crippen molar-refractivity contribution in [2.24, 2.45) is 11.8 Å². The molecule has 0 radical (unpaired) electrons. The minimum atomic E-state index is 0.161. The third-order valence-electron chi connectivity index (χ3n) is 3.65. The predicted octanol–water partition coefficient (Wildman–Crippen LogP) is 3.20. The first-order valence-electron chi connectivity index (χ1n) is 7.30. The summed E-state index contributed by atoms with van der Waals surface area (Å²) in [5.74, 6) is 6.36. The molecule has 0 saturated carbocycles. The standard InChI is InChI=1S/C16H24N4/c1-3-7-13(2)10-16(19-17)14-11-18-20(12-14)15-8-5-4-6-9-15/h4-6,8-9,11-13,16,19H,3,7,10,17H2,1-2H3. The van der Waals surface area contributed by atoms with Crippen LogP contribution >= 0.6 is 0 Å². The van der Waals surface area contributed by atoms with E-state index in [0.29, 0.717) is 5.92 Å². The zero-order valence-electron chi connectivity index (χ0n) is 12.3. The van der Waals surface area contributed by atoms with Crippen molar-refractivity contribution in [1.29, 1.82) is 0 Å². The number of para-hydroxylation sites is 1. The third-order valence-corrected chi connectivity index (χ3v) is 3.65. The maximum Gasteiger partial charge on any atom is 0.0645 e. The first-order chi connectivity index (χ1) is 9.74. The number of hydrazine groups is 1. The number of nitrogens with zero attached hydrogens (tertiary/aromatic N) is 2. The summed E-state index contributed by atoms with van der Waals surface area (Å²) in [6.45, 7) is 4.49.